The summed E-state index contributed by atoms with van der Waals surface area (Å²) in [5.41, 5.74) is 7.52. The highest BCUT2D eigenvalue weighted by molar-refractivity contribution is 6.03. The van der Waals surface area contributed by atoms with Crippen molar-refractivity contribution in [2.24, 2.45) is 10.7 Å². The zero-order chi connectivity index (χ0) is 11.8. The van der Waals surface area contributed by atoms with Crippen LogP contribution in [-0.4, -0.2) is 16.9 Å². The van der Waals surface area contributed by atoms with Gasteiger partial charge in [0.1, 0.15) is 11.9 Å². The van der Waals surface area contributed by atoms with Gasteiger partial charge >= 0.3 is 6.03 Å². The summed E-state index contributed by atoms with van der Waals surface area (Å²) in [6, 6.07) is 8.88. The summed E-state index contributed by atoms with van der Waals surface area (Å²) in [6.07, 6.45) is 1.75. The first-order chi connectivity index (χ1) is 8.24. The third-order valence-corrected chi connectivity index (χ3v) is 2.75. The number of carbonyl (C=O) groups excluding carboxylic acids is 1. The van der Waals surface area contributed by atoms with Gasteiger partial charge in [-0.05, 0) is 23.8 Å². The number of aliphatic imine (C=N–C) groups is 1. The molecule has 2 heterocycles. The molecule has 17 heavy (non-hydrogen) atoms. The molecule has 2 amide bonds. The first kappa shape index (κ1) is 9.77. The second kappa shape index (κ2) is 3.55. The van der Waals surface area contributed by atoms with E-state index in [-0.39, 0.29) is 6.04 Å². The minimum absolute atomic E-state index is 0.304. The van der Waals surface area contributed by atoms with Gasteiger partial charge in [-0.25, -0.2) is 4.79 Å². The topological polar surface area (TPSA) is 80.4 Å². The van der Waals surface area contributed by atoms with E-state index in [1.807, 2.05) is 30.3 Å². The van der Waals surface area contributed by atoms with Gasteiger partial charge in [-0.15, -0.1) is 0 Å². The number of rotatable bonds is 1. The standard InChI is InChI=1S/C12H10N4O/c13-11-10(15-12(17)16-11)8-3-4-9-7(6-8)2-1-5-14-9/h1-6,10H,(H3,13,15,16,17). The summed E-state index contributed by atoms with van der Waals surface area (Å²) in [4.78, 5) is 19.0. The Morgan fingerprint density at radius 3 is 2.94 bits per heavy atom. The number of nitrogens with zero attached hydrogens (tertiary/aromatic N) is 2. The van der Waals surface area contributed by atoms with E-state index in [1.54, 1.807) is 6.20 Å². The van der Waals surface area contributed by atoms with Gasteiger partial charge in [0.15, 0.2) is 0 Å². The number of carbonyl (C=O) groups is 1. The van der Waals surface area contributed by atoms with Crippen molar-refractivity contribution in [3.8, 4) is 0 Å². The fourth-order valence-electron chi connectivity index (χ4n) is 1.94. The Morgan fingerprint density at radius 2 is 2.18 bits per heavy atom. The number of pyridine rings is 1. The van der Waals surface area contributed by atoms with E-state index in [0.717, 1.165) is 16.5 Å². The summed E-state index contributed by atoms with van der Waals surface area (Å²) in [5, 5.41) is 3.71. The molecule has 1 aromatic carbocycles. The van der Waals surface area contributed by atoms with Crippen molar-refractivity contribution in [1.82, 2.24) is 10.3 Å². The van der Waals surface area contributed by atoms with Crippen molar-refractivity contribution in [3.63, 3.8) is 0 Å². The Labute approximate surface area is 97.4 Å². The zero-order valence-electron chi connectivity index (χ0n) is 8.92. The normalized spacial score (nSPS) is 19.2. The van der Waals surface area contributed by atoms with Gasteiger partial charge in [0.05, 0.1) is 5.52 Å². The number of amidine groups is 1. The highest BCUT2D eigenvalue weighted by atomic mass is 16.2. The number of nitrogens with one attached hydrogen (secondary N) is 1. The number of aromatic nitrogens is 1. The quantitative estimate of drug-likeness (QED) is 0.770. The monoisotopic (exact) mass is 226 g/mol. The lowest BCUT2D eigenvalue weighted by Crippen LogP contribution is -2.27. The smallest absolute Gasteiger partial charge is 0.343 e. The molecule has 1 aliphatic heterocycles. The Kier molecular flexibility index (Phi) is 2.04. The molecular weight excluding hydrogens is 216 g/mol. The molecule has 2 aromatic rings. The fraction of sp³-hybridized carbons (Fsp3) is 0.0833. The number of hydrogen-bond donors (Lipinski definition) is 2. The Bertz CT molecular complexity index is 635. The van der Waals surface area contributed by atoms with E-state index in [1.165, 1.54) is 0 Å². The van der Waals surface area contributed by atoms with Gasteiger partial charge in [0.2, 0.25) is 0 Å². The molecule has 3 rings (SSSR count). The van der Waals surface area contributed by atoms with Crippen LogP contribution >= 0.6 is 0 Å². The van der Waals surface area contributed by atoms with Gasteiger partial charge in [-0.3, -0.25) is 4.98 Å². The van der Waals surface area contributed by atoms with Crippen molar-refractivity contribution in [3.05, 3.63) is 42.1 Å². The van der Waals surface area contributed by atoms with Crippen LogP contribution in [0, 0.1) is 0 Å². The minimum Gasteiger partial charge on any atom is -0.385 e. The third kappa shape index (κ3) is 1.61. The first-order valence-corrected chi connectivity index (χ1v) is 5.23. The number of fused-ring (bicyclic) bond motifs is 1. The number of hydrogen-bond acceptors (Lipinski definition) is 3. The van der Waals surface area contributed by atoms with Crippen LogP contribution in [0.3, 0.4) is 0 Å². The molecule has 1 atom stereocenters. The molecule has 1 unspecified atom stereocenters. The van der Waals surface area contributed by atoms with E-state index in [2.05, 4.69) is 15.3 Å². The minimum atomic E-state index is -0.390. The van der Waals surface area contributed by atoms with Crippen LogP contribution < -0.4 is 11.1 Å². The molecule has 0 aliphatic carbocycles. The predicted octanol–water partition coefficient (Wildman–Crippen LogP) is 1.36. The average Bonchev–Trinajstić information content (AvgIpc) is 2.68. The lowest BCUT2D eigenvalue weighted by molar-refractivity contribution is 0.250. The van der Waals surface area contributed by atoms with Crippen LogP contribution in [0.25, 0.3) is 10.9 Å². The lowest BCUT2D eigenvalue weighted by atomic mass is 10.0. The molecule has 3 N–H and O–H groups in total. The van der Waals surface area contributed by atoms with E-state index in [9.17, 15) is 4.79 Å². The molecule has 84 valence electrons. The predicted molar refractivity (Wildman–Crippen MR) is 64.6 cm³/mol. The summed E-state index contributed by atoms with van der Waals surface area (Å²) in [6.45, 7) is 0. The molecule has 0 bridgehead atoms. The molecular formula is C12H10N4O. The van der Waals surface area contributed by atoms with E-state index >= 15 is 0 Å². The summed E-state index contributed by atoms with van der Waals surface area (Å²) in [5.74, 6) is 0.304. The Balaban J connectivity index is 2.07. The molecule has 0 fully saturated rings. The maximum Gasteiger partial charge on any atom is 0.343 e. The highest BCUT2D eigenvalue weighted by Crippen LogP contribution is 2.21. The fourth-order valence-corrected chi connectivity index (χ4v) is 1.94. The van der Waals surface area contributed by atoms with Crippen molar-refractivity contribution in [2.75, 3.05) is 0 Å². The summed E-state index contributed by atoms with van der Waals surface area (Å²) in [7, 11) is 0. The molecule has 1 aromatic heterocycles. The number of amides is 2. The third-order valence-electron chi connectivity index (χ3n) is 2.75. The van der Waals surface area contributed by atoms with Gasteiger partial charge in [0.25, 0.3) is 0 Å². The van der Waals surface area contributed by atoms with Crippen LogP contribution in [0.5, 0.6) is 0 Å². The average molecular weight is 226 g/mol. The van der Waals surface area contributed by atoms with E-state index < -0.39 is 6.03 Å². The SMILES string of the molecule is NC1=NC(=O)NC1c1ccc2ncccc2c1. The van der Waals surface area contributed by atoms with Crippen LogP contribution in [0.4, 0.5) is 4.79 Å². The van der Waals surface area contributed by atoms with Crippen LogP contribution in [0.15, 0.2) is 41.5 Å². The second-order valence-corrected chi connectivity index (χ2v) is 3.87. The van der Waals surface area contributed by atoms with Crippen molar-refractivity contribution >= 4 is 22.8 Å². The maximum absolute atomic E-state index is 11.1. The molecule has 0 saturated carbocycles. The Hall–Kier alpha value is -2.43. The van der Waals surface area contributed by atoms with Gasteiger partial charge in [-0.1, -0.05) is 12.1 Å². The summed E-state index contributed by atoms with van der Waals surface area (Å²) >= 11 is 0. The number of nitrogens with two attached hydrogens (primary N) is 1. The van der Waals surface area contributed by atoms with E-state index in [0.29, 0.717) is 5.84 Å². The van der Waals surface area contributed by atoms with Gasteiger partial charge in [-0.2, -0.15) is 4.99 Å². The number of urea groups is 1. The summed E-state index contributed by atoms with van der Waals surface area (Å²) < 4.78 is 0. The Morgan fingerprint density at radius 1 is 1.29 bits per heavy atom. The molecule has 5 nitrogen and oxygen atoms in total. The molecule has 5 heteroatoms. The van der Waals surface area contributed by atoms with E-state index in [4.69, 9.17) is 5.73 Å². The second-order valence-electron chi connectivity index (χ2n) is 3.87. The molecule has 0 radical (unpaired) electrons. The molecule has 0 saturated heterocycles. The van der Waals surface area contributed by atoms with Crippen molar-refractivity contribution in [2.45, 2.75) is 6.04 Å². The lowest BCUT2D eigenvalue weighted by Gasteiger charge is -2.11. The molecule has 1 aliphatic rings. The van der Waals surface area contributed by atoms with Crippen molar-refractivity contribution in [1.29, 1.82) is 0 Å². The number of benzene rings is 1. The van der Waals surface area contributed by atoms with Gasteiger partial charge in [0, 0.05) is 11.6 Å². The van der Waals surface area contributed by atoms with Crippen LogP contribution in [0.2, 0.25) is 0 Å². The molecule has 0 spiro atoms. The van der Waals surface area contributed by atoms with Crippen LogP contribution in [0.1, 0.15) is 11.6 Å². The largest absolute Gasteiger partial charge is 0.385 e. The first-order valence-electron chi connectivity index (χ1n) is 5.23. The zero-order valence-corrected chi connectivity index (χ0v) is 8.92. The highest BCUT2D eigenvalue weighted by Gasteiger charge is 2.24. The van der Waals surface area contributed by atoms with Crippen molar-refractivity contribution < 1.29 is 4.79 Å². The van der Waals surface area contributed by atoms with Gasteiger partial charge < -0.3 is 11.1 Å². The maximum atomic E-state index is 11.1. The van der Waals surface area contributed by atoms with Crippen LogP contribution in [-0.2, 0) is 0 Å².